The van der Waals surface area contributed by atoms with Gasteiger partial charge in [0.2, 0.25) is 0 Å². The number of hydrogen-bond donors (Lipinski definition) is 1. The van der Waals surface area contributed by atoms with Gasteiger partial charge in [0.1, 0.15) is 5.75 Å². The van der Waals surface area contributed by atoms with Crippen LogP contribution in [-0.2, 0) is 11.0 Å². The standard InChI is InChI=1S/C19H27NO2Si/c1-21-18-12-8-11-17(13-18)19(22-23(2,3)4)15-20-14-16-9-6-5-7-10-16/h5-13,19-20H,14-15H2,1-4H3. The molecule has 2 aromatic rings. The molecule has 0 aliphatic carbocycles. The third-order valence-electron chi connectivity index (χ3n) is 3.46. The first-order valence-electron chi connectivity index (χ1n) is 8.04. The van der Waals surface area contributed by atoms with Crippen LogP contribution in [0.4, 0.5) is 0 Å². The van der Waals surface area contributed by atoms with E-state index in [-0.39, 0.29) is 6.10 Å². The van der Waals surface area contributed by atoms with Crippen LogP contribution in [0.2, 0.25) is 19.6 Å². The first-order valence-corrected chi connectivity index (χ1v) is 11.5. The average Bonchev–Trinajstić information content (AvgIpc) is 2.54. The Morgan fingerprint density at radius 2 is 1.74 bits per heavy atom. The Hall–Kier alpha value is -1.62. The molecule has 0 aliphatic rings. The van der Waals surface area contributed by atoms with E-state index in [1.807, 2.05) is 18.2 Å². The molecule has 23 heavy (non-hydrogen) atoms. The molecule has 124 valence electrons. The van der Waals surface area contributed by atoms with Gasteiger partial charge >= 0.3 is 0 Å². The lowest BCUT2D eigenvalue weighted by molar-refractivity contribution is 0.193. The SMILES string of the molecule is COc1cccc(C(CNCc2ccccc2)O[Si](C)(C)C)c1. The zero-order valence-electron chi connectivity index (χ0n) is 14.5. The van der Waals surface area contributed by atoms with Crippen LogP contribution in [0.1, 0.15) is 17.2 Å². The van der Waals surface area contributed by atoms with E-state index in [1.54, 1.807) is 7.11 Å². The van der Waals surface area contributed by atoms with E-state index in [4.69, 9.17) is 9.16 Å². The predicted octanol–water partition coefficient (Wildman–Crippen LogP) is 4.38. The first kappa shape index (κ1) is 17.7. The molecular weight excluding hydrogens is 302 g/mol. The summed E-state index contributed by atoms with van der Waals surface area (Å²) in [5.41, 5.74) is 2.44. The minimum absolute atomic E-state index is 0.0421. The van der Waals surface area contributed by atoms with Crippen molar-refractivity contribution >= 4 is 8.32 Å². The molecule has 0 heterocycles. The van der Waals surface area contributed by atoms with Gasteiger partial charge in [0.05, 0.1) is 13.2 Å². The Morgan fingerprint density at radius 3 is 2.39 bits per heavy atom. The van der Waals surface area contributed by atoms with Crippen molar-refractivity contribution in [3.05, 3.63) is 65.7 Å². The maximum atomic E-state index is 6.38. The van der Waals surface area contributed by atoms with Crippen LogP contribution in [0.3, 0.4) is 0 Å². The molecule has 0 bridgehead atoms. The fourth-order valence-corrected chi connectivity index (χ4v) is 3.51. The normalized spacial score (nSPS) is 12.9. The van der Waals surface area contributed by atoms with E-state index >= 15 is 0 Å². The van der Waals surface area contributed by atoms with Crippen LogP contribution in [0.15, 0.2) is 54.6 Å². The Balaban J connectivity index is 2.04. The lowest BCUT2D eigenvalue weighted by Gasteiger charge is -2.27. The maximum Gasteiger partial charge on any atom is 0.184 e. The van der Waals surface area contributed by atoms with Crippen LogP contribution in [0.5, 0.6) is 5.75 Å². The monoisotopic (exact) mass is 329 g/mol. The zero-order valence-corrected chi connectivity index (χ0v) is 15.5. The summed E-state index contributed by atoms with van der Waals surface area (Å²) in [6.07, 6.45) is 0.0421. The van der Waals surface area contributed by atoms with Gasteiger partial charge in [-0.05, 0) is 42.9 Å². The molecule has 1 unspecified atom stereocenters. The average molecular weight is 330 g/mol. The van der Waals surface area contributed by atoms with Gasteiger partial charge in [-0.25, -0.2) is 0 Å². The lowest BCUT2D eigenvalue weighted by atomic mass is 10.1. The second kappa shape index (κ2) is 8.29. The van der Waals surface area contributed by atoms with Crippen LogP contribution < -0.4 is 10.1 Å². The van der Waals surface area contributed by atoms with Crippen molar-refractivity contribution < 1.29 is 9.16 Å². The molecule has 2 aromatic carbocycles. The zero-order chi connectivity index (χ0) is 16.7. The fraction of sp³-hybridized carbons (Fsp3) is 0.368. The fourth-order valence-electron chi connectivity index (χ4n) is 2.44. The van der Waals surface area contributed by atoms with Crippen molar-refractivity contribution in [3.8, 4) is 5.75 Å². The number of benzene rings is 2. The number of methoxy groups -OCH3 is 1. The number of hydrogen-bond acceptors (Lipinski definition) is 3. The molecule has 0 radical (unpaired) electrons. The van der Waals surface area contributed by atoms with E-state index in [0.29, 0.717) is 0 Å². The van der Waals surface area contributed by atoms with Crippen molar-refractivity contribution in [1.82, 2.24) is 5.32 Å². The molecule has 1 atom stereocenters. The topological polar surface area (TPSA) is 30.5 Å². The van der Waals surface area contributed by atoms with Crippen molar-refractivity contribution in [2.45, 2.75) is 32.3 Å². The molecular formula is C19H27NO2Si. The van der Waals surface area contributed by atoms with Gasteiger partial charge in [0, 0.05) is 13.1 Å². The summed E-state index contributed by atoms with van der Waals surface area (Å²) in [6, 6.07) is 18.6. The molecule has 0 saturated carbocycles. The highest BCUT2D eigenvalue weighted by molar-refractivity contribution is 6.69. The van der Waals surface area contributed by atoms with Crippen molar-refractivity contribution in [3.63, 3.8) is 0 Å². The molecule has 2 rings (SSSR count). The number of ether oxygens (including phenoxy) is 1. The summed E-state index contributed by atoms with van der Waals surface area (Å²) >= 11 is 0. The molecule has 0 spiro atoms. The summed E-state index contributed by atoms with van der Waals surface area (Å²) in [5.74, 6) is 0.870. The summed E-state index contributed by atoms with van der Waals surface area (Å²) in [7, 11) is 0.0548. The van der Waals surface area contributed by atoms with Gasteiger partial charge < -0.3 is 14.5 Å². The van der Waals surface area contributed by atoms with Gasteiger partial charge in [-0.1, -0.05) is 42.5 Å². The molecule has 1 N–H and O–H groups in total. The van der Waals surface area contributed by atoms with Gasteiger partial charge in [-0.3, -0.25) is 0 Å². The maximum absolute atomic E-state index is 6.38. The highest BCUT2D eigenvalue weighted by atomic mass is 28.4. The molecule has 0 saturated heterocycles. The van der Waals surface area contributed by atoms with E-state index in [1.165, 1.54) is 5.56 Å². The van der Waals surface area contributed by atoms with Crippen LogP contribution in [-0.4, -0.2) is 22.0 Å². The minimum atomic E-state index is -1.64. The Bertz CT molecular complexity index is 596. The van der Waals surface area contributed by atoms with Gasteiger partial charge in [-0.15, -0.1) is 0 Å². The molecule has 3 nitrogen and oxygen atoms in total. The summed E-state index contributed by atoms with van der Waals surface area (Å²) in [4.78, 5) is 0. The van der Waals surface area contributed by atoms with Crippen molar-refractivity contribution in [2.24, 2.45) is 0 Å². The van der Waals surface area contributed by atoms with Crippen molar-refractivity contribution in [1.29, 1.82) is 0 Å². The Kier molecular flexibility index (Phi) is 6.39. The Morgan fingerprint density at radius 1 is 1.00 bits per heavy atom. The second-order valence-electron chi connectivity index (χ2n) is 6.61. The van der Waals surface area contributed by atoms with Crippen LogP contribution in [0, 0.1) is 0 Å². The first-order chi connectivity index (χ1) is 11.0. The molecule has 4 heteroatoms. The number of rotatable bonds is 8. The largest absolute Gasteiger partial charge is 0.497 e. The quantitative estimate of drug-likeness (QED) is 0.729. The molecule has 0 fully saturated rings. The van der Waals surface area contributed by atoms with Gasteiger partial charge in [0.25, 0.3) is 0 Å². The number of nitrogens with one attached hydrogen (secondary N) is 1. The Labute approximate surface area is 140 Å². The summed E-state index contributed by atoms with van der Waals surface area (Å²) in [6.45, 7) is 8.29. The smallest absolute Gasteiger partial charge is 0.184 e. The molecule has 0 aromatic heterocycles. The molecule has 0 aliphatic heterocycles. The van der Waals surface area contributed by atoms with Crippen molar-refractivity contribution in [2.75, 3.05) is 13.7 Å². The second-order valence-corrected chi connectivity index (χ2v) is 11.1. The third kappa shape index (κ3) is 6.18. The highest BCUT2D eigenvalue weighted by Crippen LogP contribution is 2.25. The third-order valence-corrected chi connectivity index (χ3v) is 4.45. The van der Waals surface area contributed by atoms with Gasteiger partial charge in [-0.2, -0.15) is 0 Å². The highest BCUT2D eigenvalue weighted by Gasteiger charge is 2.22. The lowest BCUT2D eigenvalue weighted by Crippen LogP contribution is -2.33. The summed E-state index contributed by atoms with van der Waals surface area (Å²) < 4.78 is 11.7. The van der Waals surface area contributed by atoms with Crippen LogP contribution in [0.25, 0.3) is 0 Å². The van der Waals surface area contributed by atoms with Gasteiger partial charge in [0.15, 0.2) is 8.32 Å². The predicted molar refractivity (Wildman–Crippen MR) is 98.3 cm³/mol. The van der Waals surface area contributed by atoms with E-state index in [2.05, 4.69) is 61.4 Å². The summed E-state index contributed by atoms with van der Waals surface area (Å²) in [5, 5.41) is 3.52. The van der Waals surface area contributed by atoms with Crippen LogP contribution >= 0.6 is 0 Å². The van der Waals surface area contributed by atoms with E-state index < -0.39 is 8.32 Å². The molecule has 0 amide bonds. The van der Waals surface area contributed by atoms with E-state index in [9.17, 15) is 0 Å². The minimum Gasteiger partial charge on any atom is -0.497 e. The van der Waals surface area contributed by atoms with E-state index in [0.717, 1.165) is 24.4 Å².